The molecule has 88 valence electrons. The Morgan fingerprint density at radius 3 is 2.56 bits per heavy atom. The fourth-order valence-electron chi connectivity index (χ4n) is 1.24. The van der Waals surface area contributed by atoms with Crippen molar-refractivity contribution < 1.29 is 9.18 Å². The summed E-state index contributed by atoms with van der Waals surface area (Å²) in [6.45, 7) is 4.64. The zero-order valence-electron chi connectivity index (χ0n) is 9.59. The molecule has 1 aromatic carbocycles. The lowest BCUT2D eigenvalue weighted by Crippen LogP contribution is -2.38. The largest absolute Gasteiger partial charge is 0.325 e. The van der Waals surface area contributed by atoms with Gasteiger partial charge in [-0.2, -0.15) is 0 Å². The van der Waals surface area contributed by atoms with E-state index in [1.165, 1.54) is 12.1 Å². The minimum atomic E-state index is -0.310. The second kappa shape index (κ2) is 6.23. The van der Waals surface area contributed by atoms with Gasteiger partial charge in [-0.3, -0.25) is 4.79 Å². The van der Waals surface area contributed by atoms with Crippen molar-refractivity contribution in [2.75, 3.05) is 11.9 Å². The molecule has 0 heterocycles. The molecule has 1 rings (SSSR count). The van der Waals surface area contributed by atoms with Crippen LogP contribution in [-0.2, 0) is 4.79 Å². The molecular weight excluding hydrogens is 207 g/mol. The van der Waals surface area contributed by atoms with Crippen molar-refractivity contribution in [1.82, 2.24) is 5.32 Å². The summed E-state index contributed by atoms with van der Waals surface area (Å²) in [4.78, 5) is 11.6. The fraction of sp³-hybridized carbons (Fsp3) is 0.417. The van der Waals surface area contributed by atoms with Gasteiger partial charge >= 0.3 is 0 Å². The van der Waals surface area contributed by atoms with Crippen LogP contribution in [0.3, 0.4) is 0 Å². The molecule has 16 heavy (non-hydrogen) atoms. The number of rotatable bonds is 5. The predicted molar refractivity (Wildman–Crippen MR) is 62.8 cm³/mol. The third-order valence-electron chi connectivity index (χ3n) is 2.21. The van der Waals surface area contributed by atoms with Gasteiger partial charge in [0.25, 0.3) is 0 Å². The van der Waals surface area contributed by atoms with Gasteiger partial charge in [0.15, 0.2) is 0 Å². The Kier molecular flexibility index (Phi) is 4.92. The number of hydrogen-bond donors (Lipinski definition) is 2. The van der Waals surface area contributed by atoms with Gasteiger partial charge in [-0.1, -0.05) is 6.92 Å². The number of carbonyl (C=O) groups excluding carboxylic acids is 1. The lowest BCUT2D eigenvalue weighted by Gasteiger charge is -2.13. The molecule has 0 aromatic heterocycles. The first-order chi connectivity index (χ1) is 7.63. The highest BCUT2D eigenvalue weighted by molar-refractivity contribution is 5.94. The van der Waals surface area contributed by atoms with Crippen molar-refractivity contribution >= 4 is 11.6 Å². The van der Waals surface area contributed by atoms with Gasteiger partial charge in [0.05, 0.1) is 6.04 Å². The molecule has 0 fully saturated rings. The van der Waals surface area contributed by atoms with Gasteiger partial charge in [0, 0.05) is 5.69 Å². The van der Waals surface area contributed by atoms with Crippen molar-refractivity contribution in [3.63, 3.8) is 0 Å². The van der Waals surface area contributed by atoms with Crippen LogP contribution in [-0.4, -0.2) is 18.5 Å². The van der Waals surface area contributed by atoms with Crippen molar-refractivity contribution in [2.45, 2.75) is 26.3 Å². The van der Waals surface area contributed by atoms with Crippen LogP contribution in [0, 0.1) is 5.82 Å². The molecule has 0 spiro atoms. The highest BCUT2D eigenvalue weighted by Crippen LogP contribution is 2.08. The van der Waals surface area contributed by atoms with Crippen LogP contribution < -0.4 is 10.6 Å². The fourth-order valence-corrected chi connectivity index (χ4v) is 1.24. The van der Waals surface area contributed by atoms with Crippen molar-refractivity contribution in [3.05, 3.63) is 30.1 Å². The van der Waals surface area contributed by atoms with E-state index in [1.54, 1.807) is 19.1 Å². The topological polar surface area (TPSA) is 41.1 Å². The van der Waals surface area contributed by atoms with E-state index in [0.717, 1.165) is 13.0 Å². The minimum absolute atomic E-state index is 0.111. The van der Waals surface area contributed by atoms with E-state index in [1.807, 2.05) is 6.92 Å². The summed E-state index contributed by atoms with van der Waals surface area (Å²) in [5.74, 6) is -0.421. The third kappa shape index (κ3) is 3.98. The maximum atomic E-state index is 12.6. The molecule has 0 aliphatic carbocycles. The molecule has 1 unspecified atom stereocenters. The lowest BCUT2D eigenvalue weighted by molar-refractivity contribution is -0.117. The van der Waals surface area contributed by atoms with Crippen molar-refractivity contribution in [3.8, 4) is 0 Å². The van der Waals surface area contributed by atoms with Gasteiger partial charge in [0.2, 0.25) is 5.91 Å². The SMILES string of the molecule is CCCNC(C)C(=O)Nc1ccc(F)cc1. The Morgan fingerprint density at radius 2 is 2.00 bits per heavy atom. The molecule has 3 nitrogen and oxygen atoms in total. The smallest absolute Gasteiger partial charge is 0.241 e. The van der Waals surface area contributed by atoms with Crippen LogP contribution in [0.2, 0.25) is 0 Å². The number of benzene rings is 1. The zero-order valence-corrected chi connectivity index (χ0v) is 9.59. The van der Waals surface area contributed by atoms with Gasteiger partial charge in [-0.25, -0.2) is 4.39 Å². The standard InChI is InChI=1S/C12H17FN2O/c1-3-8-14-9(2)12(16)15-11-6-4-10(13)5-7-11/h4-7,9,14H,3,8H2,1-2H3,(H,15,16). The van der Waals surface area contributed by atoms with E-state index < -0.39 is 0 Å². The number of hydrogen-bond acceptors (Lipinski definition) is 2. The molecule has 1 amide bonds. The molecule has 4 heteroatoms. The molecule has 1 aromatic rings. The average molecular weight is 224 g/mol. The Balaban J connectivity index is 2.47. The first-order valence-corrected chi connectivity index (χ1v) is 5.43. The maximum absolute atomic E-state index is 12.6. The molecule has 0 aliphatic rings. The van der Waals surface area contributed by atoms with Gasteiger partial charge in [0.1, 0.15) is 5.82 Å². The molecule has 0 bridgehead atoms. The summed E-state index contributed by atoms with van der Waals surface area (Å²) in [6.07, 6.45) is 0.980. The number of amides is 1. The number of halogens is 1. The highest BCUT2D eigenvalue weighted by atomic mass is 19.1. The normalized spacial score (nSPS) is 12.2. The van der Waals surface area contributed by atoms with Gasteiger partial charge < -0.3 is 10.6 Å². The second-order valence-corrected chi connectivity index (χ2v) is 3.67. The van der Waals surface area contributed by atoms with E-state index >= 15 is 0 Å². The van der Waals surface area contributed by atoms with Crippen molar-refractivity contribution in [2.24, 2.45) is 0 Å². The van der Waals surface area contributed by atoms with Gasteiger partial charge in [-0.05, 0) is 44.2 Å². The monoisotopic (exact) mass is 224 g/mol. The first kappa shape index (κ1) is 12.6. The van der Waals surface area contributed by atoms with E-state index in [9.17, 15) is 9.18 Å². The average Bonchev–Trinajstić information content (AvgIpc) is 2.29. The third-order valence-corrected chi connectivity index (χ3v) is 2.21. The molecule has 1 atom stereocenters. The second-order valence-electron chi connectivity index (χ2n) is 3.67. The van der Waals surface area contributed by atoms with Crippen LogP contribution in [0.1, 0.15) is 20.3 Å². The minimum Gasteiger partial charge on any atom is -0.325 e. The Morgan fingerprint density at radius 1 is 1.38 bits per heavy atom. The highest BCUT2D eigenvalue weighted by Gasteiger charge is 2.11. The predicted octanol–water partition coefficient (Wildman–Crippen LogP) is 2.15. The lowest BCUT2D eigenvalue weighted by atomic mass is 10.2. The Hall–Kier alpha value is -1.42. The first-order valence-electron chi connectivity index (χ1n) is 5.43. The Bertz CT molecular complexity index is 337. The summed E-state index contributed by atoms with van der Waals surface area (Å²) < 4.78 is 12.6. The van der Waals surface area contributed by atoms with Crippen molar-refractivity contribution in [1.29, 1.82) is 0 Å². The van der Waals surface area contributed by atoms with Crippen LogP contribution in [0.4, 0.5) is 10.1 Å². The van der Waals surface area contributed by atoms with Gasteiger partial charge in [-0.15, -0.1) is 0 Å². The van der Waals surface area contributed by atoms with E-state index in [-0.39, 0.29) is 17.8 Å². The zero-order chi connectivity index (χ0) is 12.0. The maximum Gasteiger partial charge on any atom is 0.241 e. The molecule has 0 radical (unpaired) electrons. The number of anilines is 1. The quantitative estimate of drug-likeness (QED) is 0.804. The summed E-state index contributed by atoms with van der Waals surface area (Å²) in [5.41, 5.74) is 0.608. The summed E-state index contributed by atoms with van der Waals surface area (Å²) >= 11 is 0. The van der Waals surface area contributed by atoms with E-state index in [2.05, 4.69) is 10.6 Å². The molecule has 0 saturated heterocycles. The van der Waals surface area contributed by atoms with E-state index in [0.29, 0.717) is 5.69 Å². The summed E-state index contributed by atoms with van der Waals surface area (Å²) in [6, 6.07) is 5.48. The molecule has 0 aliphatic heterocycles. The molecular formula is C12H17FN2O. The van der Waals surface area contributed by atoms with Crippen LogP contribution in [0.15, 0.2) is 24.3 Å². The number of nitrogens with one attached hydrogen (secondary N) is 2. The number of carbonyl (C=O) groups is 1. The van der Waals surface area contributed by atoms with Crippen LogP contribution in [0.5, 0.6) is 0 Å². The molecule has 2 N–H and O–H groups in total. The Labute approximate surface area is 95.0 Å². The van der Waals surface area contributed by atoms with Crippen LogP contribution >= 0.6 is 0 Å². The summed E-state index contributed by atoms with van der Waals surface area (Å²) in [5, 5.41) is 5.79. The summed E-state index contributed by atoms with van der Waals surface area (Å²) in [7, 11) is 0. The van der Waals surface area contributed by atoms with E-state index in [4.69, 9.17) is 0 Å². The van der Waals surface area contributed by atoms with Crippen LogP contribution in [0.25, 0.3) is 0 Å². The molecule has 0 saturated carbocycles.